The number of aromatic nitrogens is 3. The van der Waals surface area contributed by atoms with E-state index in [9.17, 15) is 4.79 Å². The standard InChI is InChI=1S/C19H21N5OS/c1-3-26-19-22-21-17(23(19)2)14-20-18(25)24(15-10-6-4-7-11-15)16-12-8-5-9-13-16/h4-13H,3,14H2,1-2H3,(H,20,25). The molecule has 2 aromatic carbocycles. The van der Waals surface area contributed by atoms with E-state index >= 15 is 0 Å². The molecule has 0 radical (unpaired) electrons. The average Bonchev–Trinajstić information content (AvgIpc) is 3.02. The lowest BCUT2D eigenvalue weighted by molar-refractivity contribution is 0.248. The molecule has 1 N–H and O–H groups in total. The first kappa shape index (κ1) is 18.0. The molecule has 0 atom stereocenters. The lowest BCUT2D eigenvalue weighted by atomic mass is 10.2. The summed E-state index contributed by atoms with van der Waals surface area (Å²) in [7, 11) is 1.91. The number of nitrogens with zero attached hydrogens (tertiary/aromatic N) is 4. The van der Waals surface area contributed by atoms with E-state index in [4.69, 9.17) is 0 Å². The van der Waals surface area contributed by atoms with Crippen molar-refractivity contribution in [1.82, 2.24) is 20.1 Å². The van der Waals surface area contributed by atoms with Gasteiger partial charge in [-0.15, -0.1) is 10.2 Å². The van der Waals surface area contributed by atoms with Crippen LogP contribution in [0.3, 0.4) is 0 Å². The topological polar surface area (TPSA) is 63.1 Å². The third kappa shape index (κ3) is 4.05. The van der Waals surface area contributed by atoms with E-state index in [0.29, 0.717) is 6.54 Å². The van der Waals surface area contributed by atoms with E-state index in [2.05, 4.69) is 22.4 Å². The van der Waals surface area contributed by atoms with Crippen LogP contribution in [0.4, 0.5) is 16.2 Å². The highest BCUT2D eigenvalue weighted by Gasteiger charge is 2.18. The molecular formula is C19H21N5OS. The molecule has 2 amide bonds. The number of rotatable bonds is 6. The summed E-state index contributed by atoms with van der Waals surface area (Å²) < 4.78 is 1.91. The van der Waals surface area contributed by atoms with Crippen molar-refractivity contribution in [2.75, 3.05) is 10.7 Å². The lowest BCUT2D eigenvalue weighted by Gasteiger charge is -2.23. The maximum absolute atomic E-state index is 12.9. The van der Waals surface area contributed by atoms with E-state index in [-0.39, 0.29) is 6.03 Å². The SMILES string of the molecule is CCSc1nnc(CNC(=O)N(c2ccccc2)c2ccccc2)n1C. The van der Waals surface area contributed by atoms with Gasteiger partial charge in [-0.3, -0.25) is 4.90 Å². The highest BCUT2D eigenvalue weighted by atomic mass is 32.2. The zero-order valence-electron chi connectivity index (χ0n) is 14.8. The van der Waals surface area contributed by atoms with Crippen molar-refractivity contribution in [3.8, 4) is 0 Å². The Hall–Kier alpha value is -2.80. The van der Waals surface area contributed by atoms with Gasteiger partial charge in [-0.25, -0.2) is 4.79 Å². The third-order valence-corrected chi connectivity index (χ3v) is 4.73. The number of nitrogens with one attached hydrogen (secondary N) is 1. The van der Waals surface area contributed by atoms with Crippen LogP contribution in [0.1, 0.15) is 12.7 Å². The summed E-state index contributed by atoms with van der Waals surface area (Å²) >= 11 is 1.62. The number of carbonyl (C=O) groups is 1. The molecule has 3 aromatic rings. The van der Waals surface area contributed by atoms with Gasteiger partial charge in [0, 0.05) is 7.05 Å². The van der Waals surface area contributed by atoms with Crippen molar-refractivity contribution >= 4 is 29.2 Å². The zero-order chi connectivity index (χ0) is 18.4. The van der Waals surface area contributed by atoms with Gasteiger partial charge in [0.25, 0.3) is 0 Å². The Morgan fingerprint density at radius 3 is 2.15 bits per heavy atom. The van der Waals surface area contributed by atoms with Crippen molar-refractivity contribution < 1.29 is 4.79 Å². The second-order valence-corrected chi connectivity index (χ2v) is 6.79. The van der Waals surface area contributed by atoms with Crippen molar-refractivity contribution in [2.24, 2.45) is 7.05 Å². The number of urea groups is 1. The second-order valence-electron chi connectivity index (χ2n) is 5.56. The van der Waals surface area contributed by atoms with Gasteiger partial charge in [-0.1, -0.05) is 55.1 Å². The minimum atomic E-state index is -0.213. The van der Waals surface area contributed by atoms with E-state index < -0.39 is 0 Å². The molecule has 1 aromatic heterocycles. The van der Waals surface area contributed by atoms with Gasteiger partial charge >= 0.3 is 6.03 Å². The van der Waals surface area contributed by atoms with E-state index in [1.165, 1.54) is 0 Å². The average molecular weight is 367 g/mol. The number of hydrogen-bond acceptors (Lipinski definition) is 4. The molecule has 0 fully saturated rings. The van der Waals surface area contributed by atoms with Crippen LogP contribution in [0.15, 0.2) is 65.8 Å². The molecule has 1 heterocycles. The van der Waals surface area contributed by atoms with Crippen LogP contribution in [0, 0.1) is 0 Å². The summed E-state index contributed by atoms with van der Waals surface area (Å²) in [6.45, 7) is 2.38. The Morgan fingerprint density at radius 1 is 1.04 bits per heavy atom. The minimum absolute atomic E-state index is 0.213. The summed E-state index contributed by atoms with van der Waals surface area (Å²) in [6.07, 6.45) is 0. The Morgan fingerprint density at radius 2 is 1.62 bits per heavy atom. The summed E-state index contributed by atoms with van der Waals surface area (Å²) in [6, 6.07) is 18.9. The monoisotopic (exact) mass is 367 g/mol. The summed E-state index contributed by atoms with van der Waals surface area (Å²) in [5.41, 5.74) is 1.60. The summed E-state index contributed by atoms with van der Waals surface area (Å²) in [5.74, 6) is 1.64. The van der Waals surface area contributed by atoms with Gasteiger partial charge in [0.15, 0.2) is 11.0 Å². The van der Waals surface area contributed by atoms with Gasteiger partial charge in [0.1, 0.15) is 0 Å². The minimum Gasteiger partial charge on any atom is -0.330 e. The molecule has 6 nitrogen and oxygen atoms in total. The molecule has 0 aliphatic rings. The zero-order valence-corrected chi connectivity index (χ0v) is 15.6. The van der Waals surface area contributed by atoms with Crippen LogP contribution >= 0.6 is 11.8 Å². The molecule has 0 saturated carbocycles. The van der Waals surface area contributed by atoms with Gasteiger partial charge in [0.05, 0.1) is 17.9 Å². The van der Waals surface area contributed by atoms with Crippen LogP contribution in [0.5, 0.6) is 0 Å². The fourth-order valence-electron chi connectivity index (χ4n) is 2.53. The molecule has 0 saturated heterocycles. The summed E-state index contributed by atoms with van der Waals surface area (Å²) in [5, 5.41) is 12.1. The number of hydrogen-bond donors (Lipinski definition) is 1. The Balaban J connectivity index is 1.78. The van der Waals surface area contributed by atoms with Crippen molar-refractivity contribution in [2.45, 2.75) is 18.6 Å². The molecule has 7 heteroatoms. The van der Waals surface area contributed by atoms with Crippen molar-refractivity contribution in [3.63, 3.8) is 0 Å². The first-order chi connectivity index (χ1) is 12.7. The lowest BCUT2D eigenvalue weighted by Crippen LogP contribution is -2.37. The van der Waals surface area contributed by atoms with Crippen LogP contribution in [0.25, 0.3) is 0 Å². The van der Waals surface area contributed by atoms with Crippen molar-refractivity contribution in [1.29, 1.82) is 0 Å². The van der Waals surface area contributed by atoms with Crippen LogP contribution < -0.4 is 10.2 Å². The number of carbonyl (C=O) groups excluding carboxylic acids is 1. The Labute approximate surface area is 157 Å². The predicted octanol–water partition coefficient (Wildman–Crippen LogP) is 3.98. The predicted molar refractivity (Wildman–Crippen MR) is 105 cm³/mol. The van der Waals surface area contributed by atoms with E-state index in [1.807, 2.05) is 72.3 Å². The molecule has 0 bridgehead atoms. The van der Waals surface area contributed by atoms with Gasteiger partial charge in [-0.2, -0.15) is 0 Å². The molecule has 134 valence electrons. The third-order valence-electron chi connectivity index (χ3n) is 3.83. The summed E-state index contributed by atoms with van der Waals surface area (Å²) in [4.78, 5) is 14.6. The number of benzene rings is 2. The molecule has 3 rings (SSSR count). The fraction of sp³-hybridized carbons (Fsp3) is 0.211. The largest absolute Gasteiger partial charge is 0.330 e. The second kappa shape index (κ2) is 8.53. The van der Waals surface area contributed by atoms with Gasteiger partial charge in [0.2, 0.25) is 0 Å². The molecule has 0 spiro atoms. The first-order valence-electron chi connectivity index (χ1n) is 8.39. The quantitative estimate of drug-likeness (QED) is 0.670. The molecular weight excluding hydrogens is 346 g/mol. The molecule has 0 aliphatic heterocycles. The van der Waals surface area contributed by atoms with E-state index in [1.54, 1.807) is 16.7 Å². The van der Waals surface area contributed by atoms with Crippen LogP contribution in [-0.4, -0.2) is 26.5 Å². The fourth-order valence-corrected chi connectivity index (χ4v) is 3.18. The number of thioether (sulfide) groups is 1. The normalized spacial score (nSPS) is 10.5. The molecule has 26 heavy (non-hydrogen) atoms. The van der Waals surface area contributed by atoms with Crippen LogP contribution in [-0.2, 0) is 13.6 Å². The first-order valence-corrected chi connectivity index (χ1v) is 9.38. The van der Waals surface area contributed by atoms with Gasteiger partial charge in [-0.05, 0) is 30.0 Å². The van der Waals surface area contributed by atoms with Gasteiger partial charge < -0.3 is 9.88 Å². The maximum Gasteiger partial charge on any atom is 0.326 e. The van der Waals surface area contributed by atoms with Crippen molar-refractivity contribution in [3.05, 3.63) is 66.5 Å². The smallest absolute Gasteiger partial charge is 0.326 e. The molecule has 0 aliphatic carbocycles. The number of anilines is 2. The number of amides is 2. The highest BCUT2D eigenvalue weighted by Crippen LogP contribution is 2.25. The van der Waals surface area contributed by atoms with Crippen LogP contribution in [0.2, 0.25) is 0 Å². The highest BCUT2D eigenvalue weighted by molar-refractivity contribution is 7.99. The number of para-hydroxylation sites is 2. The van der Waals surface area contributed by atoms with E-state index in [0.717, 1.165) is 28.1 Å². The molecule has 0 unspecified atom stereocenters. The Bertz CT molecular complexity index is 811. The Kier molecular flexibility index (Phi) is 5.91. The maximum atomic E-state index is 12.9.